The number of carbonyl (C=O) groups is 3. The molecule has 2 aliphatic heterocycles. The maximum atomic E-state index is 11.9. The monoisotopic (exact) mass is 1620 g/mol. The maximum Gasteiger partial charge on any atom is 0.340 e. The molecule has 592 valence electrons. The zero-order valence-corrected chi connectivity index (χ0v) is 67.2. The zero-order chi connectivity index (χ0) is 80.6. The van der Waals surface area contributed by atoms with Crippen LogP contribution in [0.1, 0.15) is 144 Å². The van der Waals surface area contributed by atoms with Crippen molar-refractivity contribution in [3.63, 3.8) is 0 Å². The van der Waals surface area contributed by atoms with Gasteiger partial charge >= 0.3 is 41.9 Å². The van der Waals surface area contributed by atoms with E-state index in [0.717, 1.165) is 110 Å². The molecule has 0 aliphatic carbocycles. The molecule has 2 fully saturated rings. The SMILES string of the molecule is C1CCOC1.C1CCOC1.C=C(C)C(=O)O.C=C(C)C(=O)Oc1nc(OC(=O)C(=C)C)nc(Oc2ccc(-c3ccc(OCCCCCC)cc3)cc2)n1.CCCCCCOc1ccc(-c2ccc(O)cc2)cc1.CCCCCCOc1ccc(-c2ccc(Oc3nc(Cl)nc(Cl)n3)cc2)cc1.Clc1nc(Cl)nc(Cl)n1. The molecule has 0 atom stereocenters. The Hall–Kier alpha value is -9.85. The van der Waals surface area contributed by atoms with E-state index in [1.807, 2.05) is 121 Å². The zero-order valence-electron chi connectivity index (χ0n) is 63.4. The average Bonchev–Trinajstić information content (AvgIpc) is 1.11. The highest BCUT2D eigenvalue weighted by molar-refractivity contribution is 6.33. The fraction of sp³-hybridized carbons (Fsp3) is 0.349. The van der Waals surface area contributed by atoms with Crippen LogP contribution in [-0.2, 0) is 23.9 Å². The number of ether oxygens (including phenoxy) is 9. The summed E-state index contributed by atoms with van der Waals surface area (Å²) in [6.45, 7) is 27.4. The molecular formula is C83H96Cl5N9O14. The second-order valence-electron chi connectivity index (χ2n) is 24.6. The standard InChI is InChI=1S/C29H31N3O6.C21H21Cl2N3O2.C18H22O2.C4H6O2.2C4H8O.C3Cl3N3/c1-6-7-8-9-18-35-23-14-10-21(11-15-23)22-12-16-24(17-13-22)36-27-30-28(37-25(33)19(2)3)32-29(31-27)38-26(34)20(4)5;1-2-3-4-5-14-27-17-10-6-15(7-11-17)16-8-12-18(13-9-16)28-21-25-19(22)24-20(23)26-21;1-2-3-4-5-14-20-18-12-8-16(9-13-18)15-6-10-17(19)11-7-15;1-3(2)4(5)6;2*1-2-4-5-3-1;4-1-7-2(5)9-3(6)8-1/h10-17H,2,4,6-9,18H2,1,3,5H3;6-13H,2-5,14H2,1H3;6-13,19H,2-5,14H2,1H3;1H2,2H3,(H,5,6);2*1-4H2;. The van der Waals surface area contributed by atoms with E-state index in [-0.39, 0.29) is 55.2 Å². The number of unbranched alkanes of at least 4 members (excludes halogenated alkanes) is 9. The summed E-state index contributed by atoms with van der Waals surface area (Å²) >= 11 is 27.5. The highest BCUT2D eigenvalue weighted by Gasteiger charge is 2.18. The van der Waals surface area contributed by atoms with E-state index in [0.29, 0.717) is 23.9 Å². The first-order valence-corrected chi connectivity index (χ1v) is 38.3. The van der Waals surface area contributed by atoms with E-state index in [1.54, 1.807) is 24.3 Å². The molecule has 111 heavy (non-hydrogen) atoms. The van der Waals surface area contributed by atoms with Gasteiger partial charge in [-0.05, 0) is 230 Å². The lowest BCUT2D eigenvalue weighted by molar-refractivity contribution is -0.133. The number of carboxylic acid groups (broad SMARTS) is 1. The third-order valence-corrected chi connectivity index (χ3v) is 16.0. The Morgan fingerprint density at radius 3 is 0.838 bits per heavy atom. The normalized spacial score (nSPS) is 11.5. The third kappa shape index (κ3) is 39.1. The number of aliphatic carboxylic acids is 1. The van der Waals surface area contributed by atoms with Crippen LogP contribution >= 0.6 is 58.0 Å². The van der Waals surface area contributed by atoms with Gasteiger partial charge in [-0.15, -0.1) is 15.0 Å². The van der Waals surface area contributed by atoms with Crippen molar-refractivity contribution >= 4 is 75.9 Å². The van der Waals surface area contributed by atoms with Crippen molar-refractivity contribution in [2.75, 3.05) is 46.2 Å². The highest BCUT2D eigenvalue weighted by Crippen LogP contribution is 2.31. The van der Waals surface area contributed by atoms with Crippen LogP contribution in [0, 0.1) is 0 Å². The van der Waals surface area contributed by atoms with E-state index >= 15 is 0 Å². The molecule has 0 amide bonds. The minimum Gasteiger partial charge on any atom is -0.508 e. The minimum atomic E-state index is -0.935. The van der Waals surface area contributed by atoms with E-state index in [1.165, 1.54) is 104 Å². The number of carbonyl (C=O) groups excluding carboxylic acids is 2. The molecule has 2 aliphatic rings. The summed E-state index contributed by atoms with van der Waals surface area (Å²) in [6, 6.07) is 45.1. The van der Waals surface area contributed by atoms with Gasteiger partial charge < -0.3 is 52.8 Å². The molecule has 23 nitrogen and oxygen atoms in total. The lowest BCUT2D eigenvalue weighted by Crippen LogP contribution is -2.14. The number of carboxylic acids is 1. The molecule has 0 radical (unpaired) electrons. The molecule has 3 aromatic heterocycles. The Morgan fingerprint density at radius 2 is 0.595 bits per heavy atom. The minimum absolute atomic E-state index is 0.000000000000000444. The van der Waals surface area contributed by atoms with Crippen molar-refractivity contribution in [3.05, 3.63) is 208 Å². The maximum absolute atomic E-state index is 11.9. The van der Waals surface area contributed by atoms with Gasteiger partial charge in [-0.25, -0.2) is 14.4 Å². The van der Waals surface area contributed by atoms with Crippen LogP contribution < -0.4 is 33.2 Å². The quantitative estimate of drug-likeness (QED) is 0.0240. The Balaban J connectivity index is 0.000000263. The summed E-state index contributed by atoms with van der Waals surface area (Å²) < 4.78 is 48.6. The van der Waals surface area contributed by atoms with Gasteiger partial charge in [-0.1, -0.05) is 171 Å². The van der Waals surface area contributed by atoms with Gasteiger partial charge in [0, 0.05) is 43.1 Å². The molecular weight excluding hydrogens is 1520 g/mol. The van der Waals surface area contributed by atoms with Crippen molar-refractivity contribution in [1.29, 1.82) is 0 Å². The first-order chi connectivity index (χ1) is 53.5. The number of benzene rings is 6. The number of rotatable bonds is 30. The van der Waals surface area contributed by atoms with Crippen molar-refractivity contribution in [2.24, 2.45) is 0 Å². The van der Waals surface area contributed by atoms with E-state index in [9.17, 15) is 19.5 Å². The van der Waals surface area contributed by atoms with Gasteiger partial charge in [0.1, 0.15) is 34.5 Å². The van der Waals surface area contributed by atoms with Crippen LogP contribution in [0.2, 0.25) is 26.4 Å². The van der Waals surface area contributed by atoms with Crippen LogP contribution in [0.5, 0.6) is 58.5 Å². The Bertz CT molecular complexity index is 4110. The summed E-state index contributed by atoms with van der Waals surface area (Å²) in [5, 5.41) is 17.1. The summed E-state index contributed by atoms with van der Waals surface area (Å²) in [5.74, 6) is 1.48. The summed E-state index contributed by atoms with van der Waals surface area (Å²) in [7, 11) is 0. The lowest BCUT2D eigenvalue weighted by atomic mass is 10.1. The van der Waals surface area contributed by atoms with Crippen molar-refractivity contribution < 1.29 is 67.2 Å². The lowest BCUT2D eigenvalue weighted by Gasteiger charge is -2.09. The van der Waals surface area contributed by atoms with Crippen LogP contribution in [-0.4, -0.2) is 119 Å². The molecule has 0 saturated carbocycles. The molecule has 9 aromatic rings. The first kappa shape index (κ1) is 91.8. The van der Waals surface area contributed by atoms with Crippen LogP contribution in [0.25, 0.3) is 33.4 Å². The van der Waals surface area contributed by atoms with Gasteiger partial charge in [-0.2, -0.15) is 29.9 Å². The Kier molecular flexibility index (Phi) is 43.9. The molecule has 0 spiro atoms. The van der Waals surface area contributed by atoms with E-state index in [2.05, 4.69) is 85.4 Å². The van der Waals surface area contributed by atoms with Crippen molar-refractivity contribution in [2.45, 2.75) is 144 Å². The number of hydrogen-bond donors (Lipinski definition) is 2. The molecule has 28 heteroatoms. The Morgan fingerprint density at radius 1 is 0.351 bits per heavy atom. The number of phenols is 1. The number of aromatic hydroxyl groups is 1. The molecule has 0 unspecified atom stereocenters. The van der Waals surface area contributed by atoms with Gasteiger partial charge in [0.05, 0.1) is 19.8 Å². The predicted octanol–water partition coefficient (Wildman–Crippen LogP) is 21.9. The van der Waals surface area contributed by atoms with Gasteiger partial charge in [-0.3, -0.25) is 0 Å². The number of hydrogen-bond acceptors (Lipinski definition) is 22. The Labute approximate surface area is 674 Å². The fourth-order valence-electron chi connectivity index (χ4n) is 9.16. The number of esters is 2. The second-order valence-corrected chi connectivity index (χ2v) is 26.3. The number of phenolic OH excluding ortho intramolecular Hbond substituents is 1. The highest BCUT2D eigenvalue weighted by atomic mass is 35.5. The molecule has 2 N–H and O–H groups in total. The molecule has 11 rings (SSSR count). The topological polar surface area (TPSA) is 291 Å². The molecule has 2 saturated heterocycles. The smallest absolute Gasteiger partial charge is 0.340 e. The van der Waals surface area contributed by atoms with Gasteiger partial charge in [0.2, 0.25) is 26.4 Å². The van der Waals surface area contributed by atoms with Crippen LogP contribution in [0.4, 0.5) is 0 Å². The fourth-order valence-corrected chi connectivity index (χ4v) is 10.1. The average molecular weight is 1620 g/mol. The predicted molar refractivity (Wildman–Crippen MR) is 434 cm³/mol. The molecule has 6 aromatic carbocycles. The van der Waals surface area contributed by atoms with Gasteiger partial charge in [0.15, 0.2) is 0 Å². The first-order valence-electron chi connectivity index (χ1n) is 36.4. The van der Waals surface area contributed by atoms with Crippen LogP contribution in [0.15, 0.2) is 182 Å². The molecule has 5 heterocycles. The second kappa shape index (κ2) is 53.1. The number of aromatic nitrogens is 9. The number of nitrogens with zero attached hydrogens (tertiary/aromatic N) is 9. The summed E-state index contributed by atoms with van der Waals surface area (Å²) in [4.78, 5) is 67.0. The van der Waals surface area contributed by atoms with Crippen LogP contribution in [0.3, 0.4) is 0 Å². The van der Waals surface area contributed by atoms with Crippen molar-refractivity contribution in [1.82, 2.24) is 44.9 Å². The van der Waals surface area contributed by atoms with Crippen molar-refractivity contribution in [3.8, 4) is 91.9 Å². The largest absolute Gasteiger partial charge is 0.508 e. The molecule has 0 bridgehead atoms. The van der Waals surface area contributed by atoms with E-state index in [4.69, 9.17) is 106 Å². The third-order valence-electron chi connectivity index (χ3n) is 15.1. The van der Waals surface area contributed by atoms with E-state index < -0.39 is 29.9 Å². The summed E-state index contributed by atoms with van der Waals surface area (Å²) in [5.41, 5.74) is 6.80. The summed E-state index contributed by atoms with van der Waals surface area (Å²) in [6.07, 6.45) is 19.4. The number of halogens is 5. The van der Waals surface area contributed by atoms with Gasteiger partial charge in [0.25, 0.3) is 0 Å².